The molecule has 1 aliphatic rings. The summed E-state index contributed by atoms with van der Waals surface area (Å²) in [6.45, 7) is 9.28. The van der Waals surface area contributed by atoms with Gasteiger partial charge in [-0.2, -0.15) is 0 Å². The lowest BCUT2D eigenvalue weighted by molar-refractivity contribution is -0.00542. The highest BCUT2D eigenvalue weighted by molar-refractivity contribution is 9.09. The van der Waals surface area contributed by atoms with Gasteiger partial charge in [0.25, 0.3) is 0 Å². The Bertz CT molecular complexity index is 171. The Morgan fingerprint density at radius 3 is 2.67 bits per heavy atom. The summed E-state index contributed by atoms with van der Waals surface area (Å²) >= 11 is 3.55. The average molecular weight is 279 g/mol. The molecule has 90 valence electrons. The fraction of sp³-hybridized carbons (Fsp3) is 1.00. The molecule has 0 aromatic heterocycles. The number of ether oxygens (including phenoxy) is 2. The largest absolute Gasteiger partial charge is 0.378 e. The summed E-state index contributed by atoms with van der Waals surface area (Å²) in [5.74, 6) is 0.568. The van der Waals surface area contributed by atoms with Gasteiger partial charge in [0, 0.05) is 11.9 Å². The fourth-order valence-corrected chi connectivity index (χ4v) is 2.80. The van der Waals surface area contributed by atoms with Gasteiger partial charge in [-0.15, -0.1) is 0 Å². The molecule has 0 amide bonds. The van der Waals surface area contributed by atoms with Crippen molar-refractivity contribution >= 4 is 15.9 Å². The quantitative estimate of drug-likeness (QED) is 0.719. The molecular formula is C12H23BrO2. The van der Waals surface area contributed by atoms with Gasteiger partial charge in [0.15, 0.2) is 0 Å². The zero-order valence-corrected chi connectivity index (χ0v) is 11.7. The van der Waals surface area contributed by atoms with E-state index in [4.69, 9.17) is 9.47 Å². The molecule has 0 bridgehead atoms. The van der Waals surface area contributed by atoms with Gasteiger partial charge in [-0.05, 0) is 24.2 Å². The molecule has 1 aliphatic heterocycles. The Balaban J connectivity index is 2.16. The third-order valence-corrected chi connectivity index (χ3v) is 3.84. The minimum absolute atomic E-state index is 0.306. The first-order valence-electron chi connectivity index (χ1n) is 5.79. The smallest absolute Gasteiger partial charge is 0.0809 e. The summed E-state index contributed by atoms with van der Waals surface area (Å²) in [5.41, 5.74) is 0.306. The van der Waals surface area contributed by atoms with E-state index < -0.39 is 0 Å². The number of hydrogen-bond acceptors (Lipinski definition) is 2. The second-order valence-electron chi connectivity index (χ2n) is 5.39. The Morgan fingerprint density at radius 1 is 1.47 bits per heavy atom. The van der Waals surface area contributed by atoms with Gasteiger partial charge < -0.3 is 9.47 Å². The van der Waals surface area contributed by atoms with E-state index in [0.29, 0.717) is 17.4 Å². The Hall–Kier alpha value is 0.400. The molecule has 15 heavy (non-hydrogen) atoms. The van der Waals surface area contributed by atoms with Gasteiger partial charge >= 0.3 is 0 Å². The molecular weight excluding hydrogens is 256 g/mol. The van der Waals surface area contributed by atoms with Crippen LogP contribution in [-0.4, -0.2) is 31.3 Å². The fourth-order valence-electron chi connectivity index (χ4n) is 1.64. The number of halogens is 1. The van der Waals surface area contributed by atoms with E-state index in [2.05, 4.69) is 36.7 Å². The van der Waals surface area contributed by atoms with Crippen molar-refractivity contribution in [2.45, 2.75) is 39.7 Å². The van der Waals surface area contributed by atoms with Crippen molar-refractivity contribution in [1.82, 2.24) is 0 Å². The minimum Gasteiger partial charge on any atom is -0.378 e. The molecule has 1 fully saturated rings. The topological polar surface area (TPSA) is 18.5 Å². The first kappa shape index (κ1) is 13.5. The lowest BCUT2D eigenvalue weighted by Gasteiger charge is -2.29. The lowest BCUT2D eigenvalue weighted by atomic mass is 9.83. The van der Waals surface area contributed by atoms with Crippen molar-refractivity contribution in [2.75, 3.05) is 25.2 Å². The number of hydrogen-bond donors (Lipinski definition) is 0. The van der Waals surface area contributed by atoms with Gasteiger partial charge in [0.2, 0.25) is 0 Å². The van der Waals surface area contributed by atoms with E-state index in [-0.39, 0.29) is 0 Å². The highest BCUT2D eigenvalue weighted by Crippen LogP contribution is 2.27. The zero-order chi connectivity index (χ0) is 11.3. The van der Waals surface area contributed by atoms with Gasteiger partial charge in [-0.3, -0.25) is 0 Å². The van der Waals surface area contributed by atoms with Crippen LogP contribution in [-0.2, 0) is 9.47 Å². The second kappa shape index (κ2) is 6.21. The zero-order valence-electron chi connectivity index (χ0n) is 10.1. The van der Waals surface area contributed by atoms with Gasteiger partial charge in [-0.25, -0.2) is 0 Å². The van der Waals surface area contributed by atoms with Crippen LogP contribution >= 0.6 is 15.9 Å². The molecule has 3 heteroatoms. The van der Waals surface area contributed by atoms with E-state index in [1.54, 1.807) is 0 Å². The molecule has 0 aliphatic carbocycles. The monoisotopic (exact) mass is 278 g/mol. The molecule has 0 aromatic carbocycles. The van der Waals surface area contributed by atoms with Crippen LogP contribution in [0, 0.1) is 11.3 Å². The third kappa shape index (κ3) is 4.83. The van der Waals surface area contributed by atoms with E-state index in [9.17, 15) is 0 Å². The second-order valence-corrected chi connectivity index (χ2v) is 6.04. The van der Waals surface area contributed by atoms with Crippen molar-refractivity contribution in [1.29, 1.82) is 0 Å². The average Bonchev–Trinajstić information content (AvgIpc) is 2.62. The summed E-state index contributed by atoms with van der Waals surface area (Å²) in [6, 6.07) is 0. The summed E-state index contributed by atoms with van der Waals surface area (Å²) in [7, 11) is 0. The van der Waals surface area contributed by atoms with E-state index in [1.165, 1.54) is 6.42 Å². The molecule has 0 N–H and O–H groups in total. The highest BCUT2D eigenvalue weighted by atomic mass is 79.9. The maximum Gasteiger partial charge on any atom is 0.0809 e. The molecule has 0 aromatic rings. The minimum atomic E-state index is 0.306. The summed E-state index contributed by atoms with van der Waals surface area (Å²) in [5, 5.41) is 1.00. The Morgan fingerprint density at radius 2 is 2.20 bits per heavy atom. The summed E-state index contributed by atoms with van der Waals surface area (Å²) in [6.07, 6.45) is 2.70. The molecule has 0 radical (unpaired) electrons. The van der Waals surface area contributed by atoms with Crippen LogP contribution in [0.15, 0.2) is 0 Å². The van der Waals surface area contributed by atoms with Crippen LogP contribution in [0.5, 0.6) is 0 Å². The Kier molecular flexibility index (Phi) is 5.58. The standard InChI is InChI=1S/C12H23BrO2/c1-12(2,3)10(7-13)8-14-9-11-5-4-6-15-11/h10-11H,4-9H2,1-3H3. The van der Waals surface area contributed by atoms with E-state index in [0.717, 1.165) is 31.6 Å². The van der Waals surface area contributed by atoms with Crippen LogP contribution < -0.4 is 0 Å². The lowest BCUT2D eigenvalue weighted by Crippen LogP contribution is -2.28. The third-order valence-electron chi connectivity index (χ3n) is 3.06. The van der Waals surface area contributed by atoms with Crippen molar-refractivity contribution in [3.8, 4) is 0 Å². The molecule has 1 heterocycles. The van der Waals surface area contributed by atoms with Crippen LogP contribution in [0.3, 0.4) is 0 Å². The molecule has 0 spiro atoms. The van der Waals surface area contributed by atoms with E-state index >= 15 is 0 Å². The summed E-state index contributed by atoms with van der Waals surface area (Å²) < 4.78 is 11.3. The van der Waals surface area contributed by atoms with Crippen LogP contribution in [0.25, 0.3) is 0 Å². The number of alkyl halides is 1. The predicted molar refractivity (Wildman–Crippen MR) is 66.5 cm³/mol. The maximum atomic E-state index is 5.74. The van der Waals surface area contributed by atoms with Crippen molar-refractivity contribution in [3.63, 3.8) is 0 Å². The van der Waals surface area contributed by atoms with Gasteiger partial charge in [-0.1, -0.05) is 36.7 Å². The molecule has 1 rings (SSSR count). The first-order valence-corrected chi connectivity index (χ1v) is 6.91. The van der Waals surface area contributed by atoms with Crippen LogP contribution in [0.2, 0.25) is 0 Å². The molecule has 1 saturated heterocycles. The Labute approximate surface area is 102 Å². The molecule has 2 atom stereocenters. The van der Waals surface area contributed by atoms with Crippen LogP contribution in [0.4, 0.5) is 0 Å². The van der Waals surface area contributed by atoms with Crippen LogP contribution in [0.1, 0.15) is 33.6 Å². The molecule has 2 unspecified atom stereocenters. The number of rotatable bonds is 5. The highest BCUT2D eigenvalue weighted by Gasteiger charge is 2.24. The SMILES string of the molecule is CC(C)(C)C(CBr)COCC1CCCO1. The maximum absolute atomic E-state index is 5.74. The predicted octanol–water partition coefficient (Wildman–Crippen LogP) is 3.24. The molecule has 2 nitrogen and oxygen atoms in total. The van der Waals surface area contributed by atoms with Crippen molar-refractivity contribution in [2.24, 2.45) is 11.3 Å². The normalized spacial score (nSPS) is 24.4. The van der Waals surface area contributed by atoms with Gasteiger partial charge in [0.05, 0.1) is 19.3 Å². The summed E-state index contributed by atoms with van der Waals surface area (Å²) in [4.78, 5) is 0. The van der Waals surface area contributed by atoms with Gasteiger partial charge in [0.1, 0.15) is 0 Å². The van der Waals surface area contributed by atoms with Crippen molar-refractivity contribution in [3.05, 3.63) is 0 Å². The first-order chi connectivity index (χ1) is 7.04. The van der Waals surface area contributed by atoms with Crippen molar-refractivity contribution < 1.29 is 9.47 Å². The molecule has 0 saturated carbocycles. The van der Waals surface area contributed by atoms with E-state index in [1.807, 2.05) is 0 Å².